The fourth-order valence-corrected chi connectivity index (χ4v) is 1.28. The molecule has 0 aliphatic carbocycles. The van der Waals surface area contributed by atoms with Crippen LogP contribution in [0.15, 0.2) is 24.3 Å². The number of aliphatic hydroxyl groups excluding tert-OH is 1. The lowest BCUT2D eigenvalue weighted by Gasteiger charge is -2.11. The van der Waals surface area contributed by atoms with Gasteiger partial charge in [0, 0.05) is 0 Å². The van der Waals surface area contributed by atoms with Crippen LogP contribution in [0.1, 0.15) is 25.3 Å². The van der Waals surface area contributed by atoms with Crippen LogP contribution in [0.5, 0.6) is 5.75 Å². The minimum absolute atomic E-state index is 0.415. The lowest BCUT2D eigenvalue weighted by molar-refractivity contribution is -0.112. The first-order valence-electron chi connectivity index (χ1n) is 5.19. The number of methoxy groups -OCH3 is 1. The van der Waals surface area contributed by atoms with Crippen LogP contribution >= 0.6 is 0 Å². The van der Waals surface area contributed by atoms with Gasteiger partial charge in [-0.25, -0.2) is 0 Å². The Morgan fingerprint density at radius 1 is 1.40 bits per heavy atom. The quantitative estimate of drug-likeness (QED) is 0.732. The first kappa shape index (κ1) is 12.0. The second-order valence-corrected chi connectivity index (χ2v) is 3.41. The highest BCUT2D eigenvalue weighted by molar-refractivity contribution is 5.27. The van der Waals surface area contributed by atoms with Crippen LogP contribution in [0, 0.1) is 0 Å². The molecule has 0 saturated heterocycles. The Labute approximate surface area is 90.6 Å². The van der Waals surface area contributed by atoms with E-state index in [1.165, 1.54) is 0 Å². The summed E-state index contributed by atoms with van der Waals surface area (Å²) in [4.78, 5) is 0. The molecule has 1 aromatic carbocycles. The Hall–Kier alpha value is -1.06. The maximum Gasteiger partial charge on any atom is 0.154 e. The summed E-state index contributed by atoms with van der Waals surface area (Å²) in [6, 6.07) is 7.63. The van der Waals surface area contributed by atoms with Crippen LogP contribution in [0.4, 0.5) is 0 Å². The van der Waals surface area contributed by atoms with Crippen molar-refractivity contribution in [1.29, 1.82) is 0 Å². The Kier molecular flexibility index (Phi) is 5.15. The molecule has 0 amide bonds. The number of hydrogen-bond donors (Lipinski definition) is 1. The molecular formula is C12H18O3. The molecule has 1 atom stereocenters. The van der Waals surface area contributed by atoms with Gasteiger partial charge in [-0.05, 0) is 24.1 Å². The molecule has 1 unspecified atom stereocenters. The van der Waals surface area contributed by atoms with Gasteiger partial charge >= 0.3 is 0 Å². The average molecular weight is 210 g/mol. The van der Waals surface area contributed by atoms with Crippen molar-refractivity contribution in [2.24, 2.45) is 0 Å². The Bertz CT molecular complexity index is 286. The third-order valence-corrected chi connectivity index (χ3v) is 2.11. The number of ether oxygens (including phenoxy) is 2. The van der Waals surface area contributed by atoms with E-state index < -0.39 is 6.29 Å². The first-order chi connectivity index (χ1) is 7.26. The second-order valence-electron chi connectivity index (χ2n) is 3.41. The zero-order chi connectivity index (χ0) is 11.1. The zero-order valence-corrected chi connectivity index (χ0v) is 9.27. The molecule has 0 bridgehead atoms. The molecule has 0 fully saturated rings. The molecule has 0 aliphatic heterocycles. The van der Waals surface area contributed by atoms with Crippen molar-refractivity contribution in [1.82, 2.24) is 0 Å². The topological polar surface area (TPSA) is 38.7 Å². The molecule has 0 aromatic heterocycles. The third-order valence-electron chi connectivity index (χ3n) is 2.11. The fraction of sp³-hybridized carbons (Fsp3) is 0.500. The SMILES string of the molecule is CCCC(O)OCc1cccc(OC)c1. The van der Waals surface area contributed by atoms with Gasteiger partial charge < -0.3 is 14.6 Å². The van der Waals surface area contributed by atoms with E-state index in [1.807, 2.05) is 31.2 Å². The van der Waals surface area contributed by atoms with Crippen molar-refractivity contribution in [3.05, 3.63) is 29.8 Å². The minimum atomic E-state index is -0.666. The van der Waals surface area contributed by atoms with E-state index in [1.54, 1.807) is 7.11 Å². The number of benzene rings is 1. The average Bonchev–Trinajstić information content (AvgIpc) is 2.27. The van der Waals surface area contributed by atoms with Gasteiger partial charge in [0.15, 0.2) is 6.29 Å². The first-order valence-corrected chi connectivity index (χ1v) is 5.19. The lowest BCUT2D eigenvalue weighted by Crippen LogP contribution is -2.10. The van der Waals surface area contributed by atoms with Crippen molar-refractivity contribution < 1.29 is 14.6 Å². The summed E-state index contributed by atoms with van der Waals surface area (Å²) >= 11 is 0. The molecule has 15 heavy (non-hydrogen) atoms. The summed E-state index contributed by atoms with van der Waals surface area (Å²) in [6.07, 6.45) is 0.921. The molecule has 0 heterocycles. The van der Waals surface area contributed by atoms with Crippen LogP contribution in [0.25, 0.3) is 0 Å². The van der Waals surface area contributed by atoms with Crippen molar-refractivity contribution in [2.45, 2.75) is 32.7 Å². The third kappa shape index (κ3) is 4.32. The van der Waals surface area contributed by atoms with Gasteiger partial charge in [0.1, 0.15) is 5.75 Å². The molecule has 3 heteroatoms. The van der Waals surface area contributed by atoms with E-state index in [9.17, 15) is 5.11 Å². The van der Waals surface area contributed by atoms with Crippen LogP contribution in [0.3, 0.4) is 0 Å². The molecule has 0 radical (unpaired) electrons. The smallest absolute Gasteiger partial charge is 0.154 e. The van der Waals surface area contributed by atoms with E-state index in [4.69, 9.17) is 9.47 Å². The van der Waals surface area contributed by atoms with Gasteiger partial charge in [-0.2, -0.15) is 0 Å². The minimum Gasteiger partial charge on any atom is -0.497 e. The summed E-state index contributed by atoms with van der Waals surface area (Å²) in [5.41, 5.74) is 1.00. The van der Waals surface area contributed by atoms with Gasteiger partial charge in [-0.3, -0.25) is 0 Å². The summed E-state index contributed by atoms with van der Waals surface area (Å²) < 4.78 is 10.4. The highest BCUT2D eigenvalue weighted by Gasteiger charge is 2.03. The van der Waals surface area contributed by atoms with E-state index >= 15 is 0 Å². The largest absolute Gasteiger partial charge is 0.497 e. The summed E-state index contributed by atoms with van der Waals surface area (Å²) in [6.45, 7) is 2.43. The maximum atomic E-state index is 9.38. The zero-order valence-electron chi connectivity index (χ0n) is 9.27. The Morgan fingerprint density at radius 3 is 2.87 bits per heavy atom. The standard InChI is InChI=1S/C12H18O3/c1-3-5-12(13)15-9-10-6-4-7-11(8-10)14-2/h4,6-8,12-13H,3,5,9H2,1-2H3. The predicted octanol–water partition coefficient (Wildman–Crippen LogP) is 2.33. The summed E-state index contributed by atoms with van der Waals surface area (Å²) in [7, 11) is 1.63. The molecule has 0 aliphatic rings. The van der Waals surface area contributed by atoms with Crippen LogP contribution in [-0.2, 0) is 11.3 Å². The number of hydrogen-bond acceptors (Lipinski definition) is 3. The predicted molar refractivity (Wildman–Crippen MR) is 58.7 cm³/mol. The molecule has 0 saturated carbocycles. The molecule has 84 valence electrons. The lowest BCUT2D eigenvalue weighted by atomic mass is 10.2. The van der Waals surface area contributed by atoms with Gasteiger partial charge in [-0.1, -0.05) is 25.5 Å². The normalized spacial score (nSPS) is 12.5. The molecule has 0 spiro atoms. The van der Waals surface area contributed by atoms with E-state index in [2.05, 4.69) is 0 Å². The number of rotatable bonds is 6. The second kappa shape index (κ2) is 6.43. The van der Waals surface area contributed by atoms with Gasteiger partial charge in [0.25, 0.3) is 0 Å². The summed E-state index contributed by atoms with van der Waals surface area (Å²) in [5.74, 6) is 0.807. The van der Waals surface area contributed by atoms with E-state index in [-0.39, 0.29) is 0 Å². The van der Waals surface area contributed by atoms with E-state index in [0.29, 0.717) is 13.0 Å². The van der Waals surface area contributed by atoms with Gasteiger partial charge in [0.05, 0.1) is 13.7 Å². The number of aliphatic hydroxyl groups is 1. The van der Waals surface area contributed by atoms with Crippen molar-refractivity contribution >= 4 is 0 Å². The van der Waals surface area contributed by atoms with E-state index in [0.717, 1.165) is 17.7 Å². The highest BCUT2D eigenvalue weighted by atomic mass is 16.6. The van der Waals surface area contributed by atoms with Crippen LogP contribution < -0.4 is 4.74 Å². The monoisotopic (exact) mass is 210 g/mol. The molecule has 1 aromatic rings. The highest BCUT2D eigenvalue weighted by Crippen LogP contribution is 2.14. The van der Waals surface area contributed by atoms with Crippen molar-refractivity contribution in [2.75, 3.05) is 7.11 Å². The molecule has 1 N–H and O–H groups in total. The van der Waals surface area contributed by atoms with Crippen LogP contribution in [0.2, 0.25) is 0 Å². The van der Waals surface area contributed by atoms with Crippen molar-refractivity contribution in [3.8, 4) is 5.75 Å². The molecule has 3 nitrogen and oxygen atoms in total. The van der Waals surface area contributed by atoms with Gasteiger partial charge in [-0.15, -0.1) is 0 Å². The molecular weight excluding hydrogens is 192 g/mol. The van der Waals surface area contributed by atoms with Crippen molar-refractivity contribution in [3.63, 3.8) is 0 Å². The van der Waals surface area contributed by atoms with Crippen LogP contribution in [-0.4, -0.2) is 18.5 Å². The maximum absolute atomic E-state index is 9.38. The molecule has 1 rings (SSSR count). The Balaban J connectivity index is 2.43. The summed E-state index contributed by atoms with van der Waals surface area (Å²) in [5, 5.41) is 9.38. The fourth-order valence-electron chi connectivity index (χ4n) is 1.28. The Morgan fingerprint density at radius 2 is 2.20 bits per heavy atom. The van der Waals surface area contributed by atoms with Gasteiger partial charge in [0.2, 0.25) is 0 Å².